The Morgan fingerprint density at radius 3 is 2.41 bits per heavy atom. The van der Waals surface area contributed by atoms with Crippen molar-refractivity contribution in [2.45, 2.75) is 19.8 Å². The Bertz CT molecular complexity index is 955. The summed E-state index contributed by atoms with van der Waals surface area (Å²) < 4.78 is 0.774. The number of hydrazine groups is 1. The molecule has 152 valence electrons. The van der Waals surface area contributed by atoms with Crippen LogP contribution >= 0.6 is 46.4 Å². The van der Waals surface area contributed by atoms with Gasteiger partial charge in [0, 0.05) is 27.1 Å². The minimum absolute atomic E-state index is 0.0270. The third-order valence-electron chi connectivity index (χ3n) is 3.78. The molecule has 2 aromatic rings. The Morgan fingerprint density at radius 1 is 1.00 bits per heavy atom. The minimum atomic E-state index is -0.450. The van der Waals surface area contributed by atoms with E-state index >= 15 is 0 Å². The fraction of sp³-hybridized carbons (Fsp3) is 0.158. The first-order valence-corrected chi connectivity index (χ1v) is 10.3. The number of carbonyl (C=O) groups is 3. The number of carbonyl (C=O) groups excluding carboxylic acids is 3. The van der Waals surface area contributed by atoms with Crippen LogP contribution in [0.5, 0.6) is 0 Å². The zero-order chi connectivity index (χ0) is 21.4. The molecule has 29 heavy (non-hydrogen) atoms. The summed E-state index contributed by atoms with van der Waals surface area (Å²) in [6.45, 7) is 1.79. The maximum absolute atomic E-state index is 12.1. The third kappa shape index (κ3) is 7.26. The largest absolute Gasteiger partial charge is 0.326 e. The van der Waals surface area contributed by atoms with E-state index in [2.05, 4.69) is 21.5 Å². The summed E-state index contributed by atoms with van der Waals surface area (Å²) >= 11 is 13.0. The van der Waals surface area contributed by atoms with Crippen LogP contribution in [0.3, 0.4) is 0 Å². The molecule has 10 heteroatoms. The zero-order valence-corrected chi connectivity index (χ0v) is 19.1. The number of benzene rings is 2. The van der Waals surface area contributed by atoms with Gasteiger partial charge >= 0.3 is 0 Å². The summed E-state index contributed by atoms with van der Waals surface area (Å²) in [5, 5.41) is 5.68. The first kappa shape index (κ1) is 23.0. The van der Waals surface area contributed by atoms with Gasteiger partial charge in [0.2, 0.25) is 11.8 Å². The van der Waals surface area contributed by atoms with Gasteiger partial charge in [-0.05, 0) is 71.6 Å². The van der Waals surface area contributed by atoms with Crippen LogP contribution in [-0.2, 0) is 9.59 Å². The highest BCUT2D eigenvalue weighted by atomic mass is 127. The maximum Gasteiger partial charge on any atom is 0.258 e. The first-order chi connectivity index (χ1) is 13.8. The highest BCUT2D eigenvalue weighted by molar-refractivity contribution is 14.1. The van der Waals surface area contributed by atoms with Gasteiger partial charge in [-0.15, -0.1) is 0 Å². The Kier molecular flexibility index (Phi) is 8.80. The zero-order valence-electron chi connectivity index (χ0n) is 15.3. The number of thiocarbonyl (C=S) groups is 1. The topological polar surface area (TPSA) is 99.3 Å². The normalized spacial score (nSPS) is 10.0. The SMILES string of the molecule is Cc1c(Cl)cccc1NC(=O)CCC(=O)NNC(=S)NC(=O)c1ccccc1I. The average Bonchev–Trinajstić information content (AvgIpc) is 2.68. The van der Waals surface area contributed by atoms with Crippen LogP contribution in [0.4, 0.5) is 5.69 Å². The van der Waals surface area contributed by atoms with Crippen LogP contribution in [0.25, 0.3) is 0 Å². The highest BCUT2D eigenvalue weighted by Gasteiger charge is 2.12. The quantitative estimate of drug-likeness (QED) is 0.263. The van der Waals surface area contributed by atoms with Crippen molar-refractivity contribution in [1.29, 1.82) is 0 Å². The lowest BCUT2D eigenvalue weighted by atomic mass is 10.2. The number of amides is 3. The van der Waals surface area contributed by atoms with Crippen molar-refractivity contribution < 1.29 is 14.4 Å². The molecule has 0 aliphatic rings. The second kappa shape index (κ2) is 11.1. The Morgan fingerprint density at radius 2 is 1.69 bits per heavy atom. The molecule has 3 amide bonds. The summed E-state index contributed by atoms with van der Waals surface area (Å²) in [5.41, 5.74) is 6.61. The molecule has 0 heterocycles. The summed E-state index contributed by atoms with van der Waals surface area (Å²) in [4.78, 5) is 36.0. The van der Waals surface area contributed by atoms with Gasteiger partial charge in [0.05, 0.1) is 5.56 Å². The molecule has 2 aromatic carbocycles. The lowest BCUT2D eigenvalue weighted by Crippen LogP contribution is -2.48. The van der Waals surface area contributed by atoms with Crippen molar-refractivity contribution in [2.24, 2.45) is 0 Å². The molecule has 0 saturated heterocycles. The molecule has 0 saturated carbocycles. The fourth-order valence-corrected chi connectivity index (χ4v) is 3.17. The van der Waals surface area contributed by atoms with E-state index in [1.165, 1.54) is 0 Å². The van der Waals surface area contributed by atoms with Gasteiger partial charge in [-0.1, -0.05) is 29.8 Å². The molecular formula is C19H18ClIN4O3S. The van der Waals surface area contributed by atoms with Crippen LogP contribution in [0.1, 0.15) is 28.8 Å². The van der Waals surface area contributed by atoms with E-state index in [-0.39, 0.29) is 23.9 Å². The fourth-order valence-electron chi connectivity index (χ4n) is 2.22. The van der Waals surface area contributed by atoms with Gasteiger partial charge in [0.25, 0.3) is 5.91 Å². The van der Waals surface area contributed by atoms with Gasteiger partial charge in [-0.3, -0.25) is 30.6 Å². The summed E-state index contributed by atoms with van der Waals surface area (Å²) in [7, 11) is 0. The lowest BCUT2D eigenvalue weighted by Gasteiger charge is -2.12. The predicted molar refractivity (Wildman–Crippen MR) is 125 cm³/mol. The number of anilines is 1. The standard InChI is InChI=1S/C19H18ClIN4O3S/c1-11-13(20)6-4-8-15(11)22-16(26)9-10-17(27)24-25-19(29)23-18(28)12-5-2-3-7-14(12)21/h2-8H,9-10H2,1H3,(H,22,26)(H,24,27)(H2,23,25,28,29). The van der Waals surface area contributed by atoms with E-state index in [1.54, 1.807) is 43.3 Å². The minimum Gasteiger partial charge on any atom is -0.326 e. The molecule has 7 nitrogen and oxygen atoms in total. The van der Waals surface area contributed by atoms with Crippen LogP contribution < -0.4 is 21.5 Å². The van der Waals surface area contributed by atoms with Crippen molar-refractivity contribution in [1.82, 2.24) is 16.2 Å². The molecule has 0 aromatic heterocycles. The van der Waals surface area contributed by atoms with Crippen LogP contribution in [0, 0.1) is 10.5 Å². The second-order valence-electron chi connectivity index (χ2n) is 5.90. The van der Waals surface area contributed by atoms with E-state index in [0.717, 1.165) is 9.13 Å². The maximum atomic E-state index is 12.1. The molecule has 0 radical (unpaired) electrons. The molecule has 4 N–H and O–H groups in total. The van der Waals surface area contributed by atoms with Crippen molar-refractivity contribution >= 4 is 74.9 Å². The summed E-state index contributed by atoms with van der Waals surface area (Å²) in [6.07, 6.45) is -0.0909. The molecule has 0 bridgehead atoms. The third-order valence-corrected chi connectivity index (χ3v) is 5.34. The van der Waals surface area contributed by atoms with Crippen molar-refractivity contribution in [3.63, 3.8) is 0 Å². The van der Waals surface area contributed by atoms with Crippen LogP contribution in [0.2, 0.25) is 5.02 Å². The Balaban J connectivity index is 1.73. The summed E-state index contributed by atoms with van der Waals surface area (Å²) in [5.74, 6) is -1.16. The molecule has 2 rings (SSSR count). The molecule has 0 aliphatic carbocycles. The molecule has 0 spiro atoms. The first-order valence-electron chi connectivity index (χ1n) is 8.47. The van der Waals surface area contributed by atoms with Crippen LogP contribution in [0.15, 0.2) is 42.5 Å². The Labute approximate surface area is 192 Å². The van der Waals surface area contributed by atoms with E-state index in [0.29, 0.717) is 16.3 Å². The predicted octanol–water partition coefficient (Wildman–Crippen LogP) is 3.31. The molecule has 0 atom stereocenters. The second-order valence-corrected chi connectivity index (χ2v) is 7.87. The van der Waals surface area contributed by atoms with Gasteiger partial charge in [0.1, 0.15) is 0 Å². The van der Waals surface area contributed by atoms with Crippen molar-refractivity contribution in [3.8, 4) is 0 Å². The monoisotopic (exact) mass is 544 g/mol. The number of rotatable bonds is 5. The lowest BCUT2D eigenvalue weighted by molar-refractivity contribution is -0.124. The van der Waals surface area contributed by atoms with Gasteiger partial charge in [-0.2, -0.15) is 0 Å². The molecular weight excluding hydrogens is 527 g/mol. The van der Waals surface area contributed by atoms with E-state index in [9.17, 15) is 14.4 Å². The van der Waals surface area contributed by atoms with Gasteiger partial charge < -0.3 is 5.32 Å². The van der Waals surface area contributed by atoms with E-state index in [4.69, 9.17) is 23.8 Å². The van der Waals surface area contributed by atoms with Crippen LogP contribution in [-0.4, -0.2) is 22.8 Å². The van der Waals surface area contributed by atoms with Crippen molar-refractivity contribution in [2.75, 3.05) is 5.32 Å². The van der Waals surface area contributed by atoms with E-state index in [1.807, 2.05) is 28.7 Å². The van der Waals surface area contributed by atoms with Gasteiger partial charge in [0.15, 0.2) is 5.11 Å². The number of nitrogens with one attached hydrogen (secondary N) is 4. The number of hydrogen-bond donors (Lipinski definition) is 4. The van der Waals surface area contributed by atoms with Crippen molar-refractivity contribution in [3.05, 3.63) is 62.2 Å². The van der Waals surface area contributed by atoms with E-state index < -0.39 is 11.8 Å². The highest BCUT2D eigenvalue weighted by Crippen LogP contribution is 2.23. The number of halogens is 2. The van der Waals surface area contributed by atoms with Gasteiger partial charge in [-0.25, -0.2) is 0 Å². The smallest absolute Gasteiger partial charge is 0.258 e. The summed E-state index contributed by atoms with van der Waals surface area (Å²) in [6, 6.07) is 12.2. The molecule has 0 fully saturated rings. The number of hydrogen-bond acceptors (Lipinski definition) is 4. The Hall–Kier alpha value is -2.24. The molecule has 0 unspecified atom stereocenters. The average molecular weight is 545 g/mol. The molecule has 0 aliphatic heterocycles.